The highest BCUT2D eigenvalue weighted by atomic mass is 16.8. The van der Waals surface area contributed by atoms with Gasteiger partial charge in [0.25, 0.3) is 0 Å². The lowest BCUT2D eigenvalue weighted by Gasteiger charge is -2.58. The maximum Gasteiger partial charge on any atom is 0.509 e. The standard InChI is InChI=1S/C19H28O4/c1-11-8-9-19-16(22-17(21)23-19)13-7-5-4-6-12(13)10-14(20)15(11)18(19,2)3/h12-16,20H,1,4-10H2,2-3H3/t12-,13+,14-,15+,16-,19+/m0/s1. The number of aliphatic hydroxyl groups excluding tert-OH is 1. The summed E-state index contributed by atoms with van der Waals surface area (Å²) in [5.74, 6) is 0.703. The molecular weight excluding hydrogens is 292 g/mol. The molecular formula is C19H28O4. The molecule has 0 unspecified atom stereocenters. The average Bonchev–Trinajstić information content (AvgIpc) is 2.82. The normalized spacial score (nSPS) is 48.4. The van der Waals surface area contributed by atoms with E-state index in [1.807, 2.05) is 0 Å². The van der Waals surface area contributed by atoms with Crippen molar-refractivity contribution >= 4 is 6.16 Å². The van der Waals surface area contributed by atoms with E-state index in [1.165, 1.54) is 12.8 Å². The van der Waals surface area contributed by atoms with Crippen LogP contribution in [0.3, 0.4) is 0 Å². The summed E-state index contributed by atoms with van der Waals surface area (Å²) in [6.07, 6.45) is 5.84. The van der Waals surface area contributed by atoms with Crippen LogP contribution in [0.4, 0.5) is 4.79 Å². The first-order valence-electron chi connectivity index (χ1n) is 9.12. The van der Waals surface area contributed by atoms with Gasteiger partial charge in [0.1, 0.15) is 6.10 Å². The van der Waals surface area contributed by atoms with E-state index in [9.17, 15) is 9.90 Å². The van der Waals surface area contributed by atoms with Crippen molar-refractivity contribution in [2.24, 2.45) is 23.2 Å². The van der Waals surface area contributed by atoms with E-state index in [-0.39, 0.29) is 17.4 Å². The molecule has 6 atom stereocenters. The molecule has 1 spiro atoms. The van der Waals surface area contributed by atoms with Crippen LogP contribution in [-0.2, 0) is 9.47 Å². The van der Waals surface area contributed by atoms with E-state index in [2.05, 4.69) is 20.4 Å². The second-order valence-electron chi connectivity index (χ2n) is 8.65. The molecule has 0 aromatic heterocycles. The first-order valence-corrected chi connectivity index (χ1v) is 9.12. The predicted octanol–water partition coefficient (Wildman–Crippen LogP) is 3.82. The van der Waals surface area contributed by atoms with Crippen molar-refractivity contribution in [1.29, 1.82) is 0 Å². The third kappa shape index (κ3) is 1.97. The zero-order valence-electron chi connectivity index (χ0n) is 14.2. The van der Waals surface area contributed by atoms with Gasteiger partial charge in [0.05, 0.1) is 6.10 Å². The average molecular weight is 320 g/mol. The van der Waals surface area contributed by atoms with E-state index in [1.54, 1.807) is 0 Å². The van der Waals surface area contributed by atoms with Crippen molar-refractivity contribution in [2.75, 3.05) is 0 Å². The van der Waals surface area contributed by atoms with E-state index < -0.39 is 17.9 Å². The van der Waals surface area contributed by atoms with Gasteiger partial charge in [-0.2, -0.15) is 0 Å². The summed E-state index contributed by atoms with van der Waals surface area (Å²) in [7, 11) is 0. The molecule has 0 aromatic carbocycles. The minimum atomic E-state index is -0.613. The van der Waals surface area contributed by atoms with Crippen LogP contribution in [0.15, 0.2) is 12.2 Å². The van der Waals surface area contributed by atoms with Gasteiger partial charge < -0.3 is 14.6 Å². The summed E-state index contributed by atoms with van der Waals surface area (Å²) in [4.78, 5) is 12.1. The van der Waals surface area contributed by atoms with Gasteiger partial charge in [-0.25, -0.2) is 4.79 Å². The molecule has 1 N–H and O–H groups in total. The second kappa shape index (κ2) is 4.98. The van der Waals surface area contributed by atoms with E-state index in [0.29, 0.717) is 11.8 Å². The van der Waals surface area contributed by atoms with Crippen LogP contribution in [0.2, 0.25) is 0 Å². The van der Waals surface area contributed by atoms with Crippen molar-refractivity contribution in [1.82, 2.24) is 0 Å². The number of ether oxygens (including phenoxy) is 2. The monoisotopic (exact) mass is 320 g/mol. The summed E-state index contributed by atoms with van der Waals surface area (Å²) in [5.41, 5.74) is 0.127. The lowest BCUT2D eigenvalue weighted by atomic mass is 9.50. The first kappa shape index (κ1) is 15.5. The topological polar surface area (TPSA) is 55.8 Å². The SMILES string of the molecule is C=C1CC[C@@]23OC(=O)O[C@H]2[C@@H]2CCCC[C@H]2C[C@H](O)[C@@H]1C3(C)C. The van der Waals surface area contributed by atoms with Crippen LogP contribution in [-0.4, -0.2) is 29.1 Å². The highest BCUT2D eigenvalue weighted by molar-refractivity contribution is 5.64. The van der Waals surface area contributed by atoms with Gasteiger partial charge in [-0.15, -0.1) is 0 Å². The minimum absolute atomic E-state index is 0.0314. The van der Waals surface area contributed by atoms with E-state index in [4.69, 9.17) is 9.47 Å². The van der Waals surface area contributed by atoms with Gasteiger partial charge in [-0.3, -0.25) is 0 Å². The zero-order valence-corrected chi connectivity index (χ0v) is 14.2. The Kier molecular flexibility index (Phi) is 3.36. The molecule has 3 saturated carbocycles. The molecule has 3 aliphatic carbocycles. The molecule has 23 heavy (non-hydrogen) atoms. The summed E-state index contributed by atoms with van der Waals surface area (Å²) < 4.78 is 11.7. The minimum Gasteiger partial charge on any atom is -0.426 e. The lowest BCUT2D eigenvalue weighted by molar-refractivity contribution is -0.171. The smallest absolute Gasteiger partial charge is 0.426 e. The lowest BCUT2D eigenvalue weighted by Crippen LogP contribution is -2.64. The maximum atomic E-state index is 12.1. The van der Waals surface area contributed by atoms with Crippen molar-refractivity contribution in [3.63, 3.8) is 0 Å². The summed E-state index contributed by atoms with van der Waals surface area (Å²) in [6, 6.07) is 0. The number of hydrogen-bond donors (Lipinski definition) is 1. The summed E-state index contributed by atoms with van der Waals surface area (Å²) in [6.45, 7) is 8.50. The largest absolute Gasteiger partial charge is 0.509 e. The molecule has 128 valence electrons. The molecule has 0 amide bonds. The van der Waals surface area contributed by atoms with Crippen LogP contribution in [0.5, 0.6) is 0 Å². The summed E-state index contributed by atoms with van der Waals surface area (Å²) >= 11 is 0. The molecule has 1 saturated heterocycles. The van der Waals surface area contributed by atoms with Crippen molar-refractivity contribution < 1.29 is 19.4 Å². The molecule has 2 bridgehead atoms. The maximum absolute atomic E-state index is 12.1. The van der Waals surface area contributed by atoms with Gasteiger partial charge in [-0.05, 0) is 38.0 Å². The Morgan fingerprint density at radius 1 is 1.26 bits per heavy atom. The Labute approximate surface area is 138 Å². The Morgan fingerprint density at radius 3 is 2.78 bits per heavy atom. The van der Waals surface area contributed by atoms with Crippen molar-refractivity contribution in [2.45, 2.75) is 76.6 Å². The molecule has 4 nitrogen and oxygen atoms in total. The fourth-order valence-corrected chi connectivity index (χ4v) is 6.28. The van der Waals surface area contributed by atoms with Gasteiger partial charge in [0.15, 0.2) is 5.60 Å². The summed E-state index contributed by atoms with van der Waals surface area (Å²) in [5, 5.41) is 11.0. The highest BCUT2D eigenvalue weighted by Gasteiger charge is 2.68. The Hall–Kier alpha value is -1.03. The number of fused-ring (bicyclic) bond motifs is 3. The van der Waals surface area contributed by atoms with Gasteiger partial charge in [-0.1, -0.05) is 38.8 Å². The van der Waals surface area contributed by atoms with Crippen molar-refractivity contribution in [3.05, 3.63) is 12.2 Å². The van der Waals surface area contributed by atoms with Crippen LogP contribution < -0.4 is 0 Å². The zero-order chi connectivity index (χ0) is 16.4. The number of carbonyl (C=O) groups is 1. The molecule has 0 radical (unpaired) electrons. The van der Waals surface area contributed by atoms with Crippen molar-refractivity contribution in [3.8, 4) is 0 Å². The third-order valence-corrected chi connectivity index (χ3v) is 7.36. The Balaban J connectivity index is 1.85. The van der Waals surface area contributed by atoms with Gasteiger partial charge in [0, 0.05) is 17.3 Å². The van der Waals surface area contributed by atoms with E-state index >= 15 is 0 Å². The molecule has 4 rings (SSSR count). The van der Waals surface area contributed by atoms with Crippen LogP contribution >= 0.6 is 0 Å². The fourth-order valence-electron chi connectivity index (χ4n) is 6.28. The van der Waals surface area contributed by atoms with Crippen LogP contribution in [0.1, 0.15) is 58.8 Å². The number of carbonyl (C=O) groups excluding carboxylic acids is 1. The molecule has 1 aliphatic heterocycles. The second-order valence-corrected chi connectivity index (χ2v) is 8.65. The Bertz CT molecular complexity index is 539. The molecule has 4 aliphatic rings. The quantitative estimate of drug-likeness (QED) is 0.544. The number of rotatable bonds is 0. The molecule has 0 aromatic rings. The molecule has 4 heteroatoms. The van der Waals surface area contributed by atoms with Gasteiger partial charge >= 0.3 is 6.16 Å². The van der Waals surface area contributed by atoms with Gasteiger partial charge in [0.2, 0.25) is 0 Å². The molecule has 1 heterocycles. The third-order valence-electron chi connectivity index (χ3n) is 7.36. The Morgan fingerprint density at radius 2 is 2.00 bits per heavy atom. The van der Waals surface area contributed by atoms with Crippen LogP contribution in [0, 0.1) is 23.2 Å². The predicted molar refractivity (Wildman–Crippen MR) is 85.8 cm³/mol. The molecule has 4 fully saturated rings. The number of hydrogen-bond acceptors (Lipinski definition) is 4. The van der Waals surface area contributed by atoms with Crippen LogP contribution in [0.25, 0.3) is 0 Å². The fraction of sp³-hybridized carbons (Fsp3) is 0.842. The first-order chi connectivity index (χ1) is 10.9. The van der Waals surface area contributed by atoms with E-state index in [0.717, 1.165) is 37.7 Å². The number of aliphatic hydroxyl groups is 1. The highest BCUT2D eigenvalue weighted by Crippen LogP contribution is 2.61.